The minimum absolute atomic E-state index is 0. The zero-order valence-electron chi connectivity index (χ0n) is 14.0. The summed E-state index contributed by atoms with van der Waals surface area (Å²) < 4.78 is 1.82. The lowest BCUT2D eigenvalue weighted by Crippen LogP contribution is -2.27. The van der Waals surface area contributed by atoms with Gasteiger partial charge in [-0.25, -0.2) is 4.98 Å². The summed E-state index contributed by atoms with van der Waals surface area (Å²) in [6, 6.07) is 13.2. The predicted octanol–water partition coefficient (Wildman–Crippen LogP) is 2.54. The number of imidazole rings is 1. The minimum Gasteiger partial charge on any atom is -0.352 e. The maximum atomic E-state index is 12.5. The van der Waals surface area contributed by atoms with Gasteiger partial charge >= 0.3 is 0 Å². The molecule has 0 atom stereocenters. The largest absolute Gasteiger partial charge is 0.352 e. The molecule has 138 valence electrons. The van der Waals surface area contributed by atoms with Gasteiger partial charge in [0.25, 0.3) is 5.91 Å². The lowest BCUT2D eigenvalue weighted by Gasteiger charge is -2.10. The van der Waals surface area contributed by atoms with Crippen LogP contribution in [0, 0.1) is 0 Å². The number of nitrogens with zero attached hydrogens (tertiary/aromatic N) is 3. The zero-order chi connectivity index (χ0) is 16.8. The number of benzene rings is 1. The molecule has 0 saturated carbocycles. The van der Waals surface area contributed by atoms with Crippen molar-refractivity contribution in [1.82, 2.24) is 19.9 Å². The van der Waals surface area contributed by atoms with Crippen LogP contribution in [0.25, 0.3) is 5.69 Å². The molecule has 26 heavy (non-hydrogen) atoms. The molecule has 3 aromatic rings. The smallest absolute Gasteiger partial charge is 0.253 e. The summed E-state index contributed by atoms with van der Waals surface area (Å²) in [5, 5.41) is 2.94. The van der Waals surface area contributed by atoms with Crippen LogP contribution in [-0.4, -0.2) is 27.0 Å². The molecule has 0 aliphatic carbocycles. The van der Waals surface area contributed by atoms with E-state index < -0.39 is 0 Å². The van der Waals surface area contributed by atoms with Crippen molar-refractivity contribution in [2.75, 3.05) is 6.54 Å². The first-order valence-electron chi connectivity index (χ1n) is 7.78. The number of pyridine rings is 1. The Bertz CT molecular complexity index is 823. The zero-order valence-corrected chi connectivity index (χ0v) is 15.7. The summed E-state index contributed by atoms with van der Waals surface area (Å²) in [6.45, 7) is 0.896. The Morgan fingerprint density at radius 1 is 1.04 bits per heavy atom. The van der Waals surface area contributed by atoms with Crippen molar-refractivity contribution in [1.29, 1.82) is 0 Å². The number of amides is 1. The van der Waals surface area contributed by atoms with Crippen LogP contribution >= 0.6 is 24.8 Å². The van der Waals surface area contributed by atoms with Crippen molar-refractivity contribution in [3.63, 3.8) is 0 Å². The van der Waals surface area contributed by atoms with Gasteiger partial charge in [-0.2, -0.15) is 0 Å². The number of aromatic nitrogens is 3. The first kappa shape index (κ1) is 21.6. The number of hydrogen-bond donors (Lipinski definition) is 2. The number of rotatable bonds is 6. The summed E-state index contributed by atoms with van der Waals surface area (Å²) >= 11 is 0. The second-order valence-corrected chi connectivity index (χ2v) is 5.32. The van der Waals surface area contributed by atoms with Gasteiger partial charge in [0.2, 0.25) is 0 Å². The molecule has 3 rings (SSSR count). The number of carbonyl (C=O) groups is 1. The lowest BCUT2D eigenvalue weighted by atomic mass is 10.1. The highest BCUT2D eigenvalue weighted by molar-refractivity contribution is 5.97. The molecular weight excluding hydrogens is 373 g/mol. The molecule has 0 radical (unpaired) electrons. The molecule has 0 bridgehead atoms. The van der Waals surface area contributed by atoms with E-state index in [0.29, 0.717) is 25.1 Å². The summed E-state index contributed by atoms with van der Waals surface area (Å²) in [5.41, 5.74) is 8.70. The topological polar surface area (TPSA) is 85.8 Å². The van der Waals surface area contributed by atoms with Crippen molar-refractivity contribution in [2.24, 2.45) is 5.73 Å². The van der Waals surface area contributed by atoms with Gasteiger partial charge in [0.05, 0.1) is 23.3 Å². The van der Waals surface area contributed by atoms with Crippen LogP contribution in [0.5, 0.6) is 0 Å². The Morgan fingerprint density at radius 3 is 2.50 bits per heavy atom. The summed E-state index contributed by atoms with van der Waals surface area (Å²) in [6.07, 6.45) is 5.94. The Balaban J connectivity index is 0.00000169. The van der Waals surface area contributed by atoms with E-state index in [0.717, 1.165) is 17.1 Å². The Kier molecular flexibility index (Phi) is 8.78. The maximum Gasteiger partial charge on any atom is 0.253 e. The number of carbonyl (C=O) groups excluding carboxylic acids is 1. The van der Waals surface area contributed by atoms with Gasteiger partial charge in [-0.1, -0.05) is 18.2 Å². The highest BCUT2D eigenvalue weighted by Crippen LogP contribution is 2.15. The van der Waals surface area contributed by atoms with Crippen LogP contribution in [-0.2, 0) is 13.0 Å². The van der Waals surface area contributed by atoms with E-state index in [-0.39, 0.29) is 30.7 Å². The second kappa shape index (κ2) is 10.6. The number of nitrogens with one attached hydrogen (secondary N) is 1. The molecule has 3 N–H and O–H groups in total. The van der Waals surface area contributed by atoms with Gasteiger partial charge in [0.15, 0.2) is 0 Å². The van der Waals surface area contributed by atoms with E-state index in [1.807, 2.05) is 47.2 Å². The maximum absolute atomic E-state index is 12.5. The van der Waals surface area contributed by atoms with Gasteiger partial charge < -0.3 is 15.6 Å². The van der Waals surface area contributed by atoms with Crippen molar-refractivity contribution >= 4 is 30.7 Å². The fourth-order valence-corrected chi connectivity index (χ4v) is 2.44. The summed E-state index contributed by atoms with van der Waals surface area (Å²) in [7, 11) is 0. The fraction of sp³-hybridized carbons (Fsp3) is 0.167. The van der Waals surface area contributed by atoms with Crippen molar-refractivity contribution < 1.29 is 4.79 Å². The monoisotopic (exact) mass is 393 g/mol. The minimum atomic E-state index is -0.121. The molecule has 0 aliphatic heterocycles. The fourth-order valence-electron chi connectivity index (χ4n) is 2.44. The van der Waals surface area contributed by atoms with E-state index in [4.69, 9.17) is 5.73 Å². The molecule has 0 aliphatic rings. The van der Waals surface area contributed by atoms with Gasteiger partial charge in [-0.05, 0) is 24.3 Å². The van der Waals surface area contributed by atoms with E-state index in [2.05, 4.69) is 15.3 Å². The lowest BCUT2D eigenvalue weighted by molar-refractivity contribution is 0.0954. The normalized spacial score (nSPS) is 9.73. The van der Waals surface area contributed by atoms with Crippen LogP contribution in [0.3, 0.4) is 0 Å². The molecule has 1 aromatic carbocycles. The predicted molar refractivity (Wildman–Crippen MR) is 106 cm³/mol. The van der Waals surface area contributed by atoms with Crippen molar-refractivity contribution in [3.05, 3.63) is 78.1 Å². The first-order valence-corrected chi connectivity index (χ1v) is 7.78. The van der Waals surface area contributed by atoms with E-state index in [1.165, 1.54) is 0 Å². The molecule has 8 heteroatoms. The number of nitrogens with two attached hydrogens (primary N) is 1. The van der Waals surface area contributed by atoms with Crippen LogP contribution in [0.15, 0.2) is 61.2 Å². The third-order valence-corrected chi connectivity index (χ3v) is 3.66. The third kappa shape index (κ3) is 5.29. The third-order valence-electron chi connectivity index (χ3n) is 3.66. The number of para-hydroxylation sites is 1. The van der Waals surface area contributed by atoms with Gasteiger partial charge in [-0.3, -0.25) is 9.78 Å². The molecule has 0 unspecified atom stereocenters. The van der Waals surface area contributed by atoms with Crippen LogP contribution in [0.2, 0.25) is 0 Å². The SMILES string of the molecule is Cl.Cl.NCc1cn(-c2ccccc2C(=O)NCCc2ccccn2)cn1. The average molecular weight is 394 g/mol. The quantitative estimate of drug-likeness (QED) is 0.673. The highest BCUT2D eigenvalue weighted by Gasteiger charge is 2.12. The highest BCUT2D eigenvalue weighted by atomic mass is 35.5. The van der Waals surface area contributed by atoms with Crippen LogP contribution in [0.4, 0.5) is 0 Å². The molecule has 0 saturated heterocycles. The van der Waals surface area contributed by atoms with Crippen molar-refractivity contribution in [2.45, 2.75) is 13.0 Å². The first-order chi connectivity index (χ1) is 11.8. The van der Waals surface area contributed by atoms with Crippen molar-refractivity contribution in [3.8, 4) is 5.69 Å². The van der Waals surface area contributed by atoms with E-state index in [9.17, 15) is 4.79 Å². The average Bonchev–Trinajstić information content (AvgIpc) is 3.11. The molecular formula is C18H21Cl2N5O. The molecule has 2 heterocycles. The van der Waals surface area contributed by atoms with Gasteiger partial charge in [0.1, 0.15) is 0 Å². The molecule has 6 nitrogen and oxygen atoms in total. The van der Waals surface area contributed by atoms with Crippen LogP contribution in [0.1, 0.15) is 21.7 Å². The van der Waals surface area contributed by atoms with E-state index in [1.54, 1.807) is 18.6 Å². The molecule has 2 aromatic heterocycles. The van der Waals surface area contributed by atoms with Crippen LogP contribution < -0.4 is 11.1 Å². The number of hydrogen-bond acceptors (Lipinski definition) is 4. The molecule has 0 spiro atoms. The Hall–Kier alpha value is -2.41. The molecule has 0 fully saturated rings. The Labute approximate surface area is 164 Å². The van der Waals surface area contributed by atoms with Gasteiger partial charge in [-0.15, -0.1) is 24.8 Å². The summed E-state index contributed by atoms with van der Waals surface area (Å²) in [4.78, 5) is 21.0. The molecule has 1 amide bonds. The Morgan fingerprint density at radius 2 is 1.81 bits per heavy atom. The second-order valence-electron chi connectivity index (χ2n) is 5.32. The standard InChI is InChI=1S/C18H19N5O.2ClH/c19-11-15-12-23(13-22-15)17-7-2-1-6-16(17)18(24)21-10-8-14-5-3-4-9-20-14;;/h1-7,9,12-13H,8,10-11,19H2,(H,21,24);2*1H. The summed E-state index contributed by atoms with van der Waals surface area (Å²) in [5.74, 6) is -0.121. The van der Waals surface area contributed by atoms with Gasteiger partial charge in [0, 0.05) is 37.6 Å². The van der Waals surface area contributed by atoms with E-state index >= 15 is 0 Å². The number of halogens is 2.